The van der Waals surface area contributed by atoms with Crippen LogP contribution in [0.5, 0.6) is 0 Å². The van der Waals surface area contributed by atoms with Crippen molar-refractivity contribution < 1.29 is 9.53 Å². The van der Waals surface area contributed by atoms with Crippen molar-refractivity contribution in [2.45, 2.75) is 25.4 Å². The minimum Gasteiger partial charge on any atom is -0.381 e. The number of methoxy groups -OCH3 is 1. The summed E-state index contributed by atoms with van der Waals surface area (Å²) in [5, 5.41) is 1.00. The Hall–Kier alpha value is -0.770. The highest BCUT2D eigenvalue weighted by Gasteiger charge is 2.22. The maximum Gasteiger partial charge on any atom is 0.226 e. The fraction of sp³-hybridized carbons (Fsp3) is 0.500. The number of carbonyl (C=O) groups excluding carboxylic acids is 1. The van der Waals surface area contributed by atoms with E-state index in [2.05, 4.69) is 0 Å². The molecule has 5 heteroatoms. The molecule has 1 aromatic carbocycles. The van der Waals surface area contributed by atoms with Crippen molar-refractivity contribution >= 4 is 29.1 Å². The molecule has 0 aromatic heterocycles. The maximum atomic E-state index is 12.2. The van der Waals surface area contributed by atoms with Gasteiger partial charge in [-0.15, -0.1) is 0 Å². The predicted octanol–water partition coefficient (Wildman–Crippen LogP) is 3.17. The molecule has 104 valence electrons. The minimum absolute atomic E-state index is 0.132. The lowest BCUT2D eigenvalue weighted by atomic mass is 10.1. The Morgan fingerprint density at radius 2 is 2.00 bits per heavy atom. The van der Waals surface area contributed by atoms with E-state index in [-0.39, 0.29) is 12.0 Å². The van der Waals surface area contributed by atoms with E-state index in [0.717, 1.165) is 31.5 Å². The van der Waals surface area contributed by atoms with Gasteiger partial charge in [-0.1, -0.05) is 29.3 Å². The highest BCUT2D eigenvalue weighted by molar-refractivity contribution is 6.42. The summed E-state index contributed by atoms with van der Waals surface area (Å²) in [7, 11) is 1.72. The Balaban J connectivity index is 1.92. The highest BCUT2D eigenvalue weighted by atomic mass is 35.5. The molecule has 0 unspecified atom stereocenters. The Labute approximate surface area is 123 Å². The van der Waals surface area contributed by atoms with Gasteiger partial charge in [0.1, 0.15) is 0 Å². The monoisotopic (exact) mass is 301 g/mol. The third-order valence-corrected chi connectivity index (χ3v) is 4.21. The third-order valence-electron chi connectivity index (χ3n) is 3.47. The van der Waals surface area contributed by atoms with Gasteiger partial charge in [0.05, 0.1) is 22.6 Å². The molecule has 1 aliphatic heterocycles. The standard InChI is InChI=1S/C14H17Cl2NO2/c1-19-11-4-6-17(7-5-11)14(18)9-10-2-3-12(15)13(16)8-10/h2-3,8,11H,4-7,9H2,1H3. The molecule has 0 atom stereocenters. The maximum absolute atomic E-state index is 12.2. The van der Waals surface area contributed by atoms with Gasteiger partial charge in [0.2, 0.25) is 5.91 Å². The summed E-state index contributed by atoms with van der Waals surface area (Å²) in [6.07, 6.45) is 2.47. The Morgan fingerprint density at radius 3 is 2.58 bits per heavy atom. The third kappa shape index (κ3) is 3.85. The predicted molar refractivity (Wildman–Crippen MR) is 76.8 cm³/mol. The van der Waals surface area contributed by atoms with Crippen molar-refractivity contribution in [1.82, 2.24) is 4.90 Å². The van der Waals surface area contributed by atoms with Crippen LogP contribution in [-0.4, -0.2) is 37.1 Å². The zero-order valence-corrected chi connectivity index (χ0v) is 12.4. The van der Waals surface area contributed by atoms with Crippen LogP contribution < -0.4 is 0 Å². The molecule has 1 heterocycles. The normalized spacial score (nSPS) is 16.7. The summed E-state index contributed by atoms with van der Waals surface area (Å²) in [5.74, 6) is 0.132. The van der Waals surface area contributed by atoms with Crippen LogP contribution in [0.3, 0.4) is 0 Å². The molecule has 2 rings (SSSR count). The number of piperidine rings is 1. The van der Waals surface area contributed by atoms with E-state index in [1.807, 2.05) is 11.0 Å². The fourth-order valence-corrected chi connectivity index (χ4v) is 2.60. The van der Waals surface area contributed by atoms with E-state index in [1.165, 1.54) is 0 Å². The van der Waals surface area contributed by atoms with E-state index in [1.54, 1.807) is 19.2 Å². The molecule has 19 heavy (non-hydrogen) atoms. The topological polar surface area (TPSA) is 29.5 Å². The first-order chi connectivity index (χ1) is 9.10. The summed E-state index contributed by atoms with van der Waals surface area (Å²) in [6.45, 7) is 1.53. The van der Waals surface area contributed by atoms with Crippen molar-refractivity contribution in [3.05, 3.63) is 33.8 Å². The van der Waals surface area contributed by atoms with E-state index < -0.39 is 0 Å². The van der Waals surface area contributed by atoms with Crippen molar-refractivity contribution in [2.75, 3.05) is 20.2 Å². The van der Waals surface area contributed by atoms with Crippen molar-refractivity contribution in [3.63, 3.8) is 0 Å². The van der Waals surface area contributed by atoms with Gasteiger partial charge in [0.15, 0.2) is 0 Å². The van der Waals surface area contributed by atoms with Gasteiger partial charge in [-0.3, -0.25) is 4.79 Å². The molecule has 0 N–H and O–H groups in total. The molecule has 0 spiro atoms. The van der Waals surface area contributed by atoms with Gasteiger partial charge < -0.3 is 9.64 Å². The Kier molecular flexibility index (Phi) is 5.08. The SMILES string of the molecule is COC1CCN(C(=O)Cc2ccc(Cl)c(Cl)c2)CC1. The number of hydrogen-bond donors (Lipinski definition) is 0. The molecule has 1 aromatic rings. The van der Waals surface area contributed by atoms with Crippen LogP contribution in [0.25, 0.3) is 0 Å². The second-order valence-electron chi connectivity index (χ2n) is 4.74. The van der Waals surface area contributed by atoms with Crippen LogP contribution in [-0.2, 0) is 16.0 Å². The van der Waals surface area contributed by atoms with E-state index in [0.29, 0.717) is 16.5 Å². The van der Waals surface area contributed by atoms with Gasteiger partial charge in [-0.05, 0) is 30.5 Å². The number of amides is 1. The summed E-state index contributed by atoms with van der Waals surface area (Å²) in [5.41, 5.74) is 0.897. The molecule has 0 saturated carbocycles. The van der Waals surface area contributed by atoms with Gasteiger partial charge in [0, 0.05) is 20.2 Å². The molecular weight excluding hydrogens is 285 g/mol. The Morgan fingerprint density at radius 1 is 1.32 bits per heavy atom. The second kappa shape index (κ2) is 6.60. The van der Waals surface area contributed by atoms with Gasteiger partial charge in [0.25, 0.3) is 0 Å². The summed E-state index contributed by atoms with van der Waals surface area (Å²) in [6, 6.07) is 5.32. The van der Waals surface area contributed by atoms with Crippen LogP contribution in [0.1, 0.15) is 18.4 Å². The second-order valence-corrected chi connectivity index (χ2v) is 5.56. The van der Waals surface area contributed by atoms with Gasteiger partial charge in [-0.2, -0.15) is 0 Å². The average molecular weight is 302 g/mol. The van der Waals surface area contributed by atoms with Gasteiger partial charge in [-0.25, -0.2) is 0 Å². The molecular formula is C14H17Cl2NO2. The highest BCUT2D eigenvalue weighted by Crippen LogP contribution is 2.23. The zero-order valence-electron chi connectivity index (χ0n) is 10.9. The number of likely N-dealkylation sites (tertiary alicyclic amines) is 1. The largest absolute Gasteiger partial charge is 0.381 e. The molecule has 1 amide bonds. The average Bonchev–Trinajstić information content (AvgIpc) is 2.43. The lowest BCUT2D eigenvalue weighted by molar-refractivity contribution is -0.132. The number of carbonyl (C=O) groups is 1. The van der Waals surface area contributed by atoms with Crippen LogP contribution in [0.2, 0.25) is 10.0 Å². The van der Waals surface area contributed by atoms with Crippen molar-refractivity contribution in [1.29, 1.82) is 0 Å². The molecule has 1 saturated heterocycles. The van der Waals surface area contributed by atoms with Crippen LogP contribution in [0.4, 0.5) is 0 Å². The number of hydrogen-bond acceptors (Lipinski definition) is 2. The lowest BCUT2D eigenvalue weighted by Gasteiger charge is -2.31. The van der Waals surface area contributed by atoms with Crippen LogP contribution in [0, 0.1) is 0 Å². The van der Waals surface area contributed by atoms with Crippen LogP contribution in [0.15, 0.2) is 18.2 Å². The van der Waals surface area contributed by atoms with E-state index >= 15 is 0 Å². The molecule has 0 radical (unpaired) electrons. The number of ether oxygens (including phenoxy) is 1. The molecule has 1 aliphatic rings. The quantitative estimate of drug-likeness (QED) is 0.858. The van der Waals surface area contributed by atoms with E-state index in [4.69, 9.17) is 27.9 Å². The summed E-state index contributed by atoms with van der Waals surface area (Å²) >= 11 is 11.8. The van der Waals surface area contributed by atoms with Crippen LogP contribution >= 0.6 is 23.2 Å². The molecule has 3 nitrogen and oxygen atoms in total. The first-order valence-electron chi connectivity index (χ1n) is 6.34. The zero-order chi connectivity index (χ0) is 13.8. The number of halogens is 2. The first-order valence-corrected chi connectivity index (χ1v) is 7.10. The summed E-state index contributed by atoms with van der Waals surface area (Å²) < 4.78 is 5.30. The van der Waals surface area contributed by atoms with Crippen molar-refractivity contribution in [2.24, 2.45) is 0 Å². The Bertz CT molecular complexity index is 457. The van der Waals surface area contributed by atoms with Crippen molar-refractivity contribution in [3.8, 4) is 0 Å². The number of rotatable bonds is 3. The number of benzene rings is 1. The molecule has 0 bridgehead atoms. The van der Waals surface area contributed by atoms with E-state index in [9.17, 15) is 4.79 Å². The summed E-state index contributed by atoms with van der Waals surface area (Å²) in [4.78, 5) is 14.1. The first kappa shape index (κ1) is 14.6. The lowest BCUT2D eigenvalue weighted by Crippen LogP contribution is -2.41. The smallest absolute Gasteiger partial charge is 0.226 e. The van der Waals surface area contributed by atoms with Gasteiger partial charge >= 0.3 is 0 Å². The number of nitrogens with zero attached hydrogens (tertiary/aromatic N) is 1. The molecule has 1 fully saturated rings. The fourth-order valence-electron chi connectivity index (χ4n) is 2.28. The minimum atomic E-state index is 0.132. The molecule has 0 aliphatic carbocycles.